The molecule has 11 heteroatoms. The van der Waals surface area contributed by atoms with Gasteiger partial charge in [-0.2, -0.15) is 0 Å². The van der Waals surface area contributed by atoms with Gasteiger partial charge in [0.1, 0.15) is 30.1 Å². The maximum absolute atomic E-state index is 13.4. The molecule has 0 aliphatic rings. The molecule has 2 aromatic carbocycles. The van der Waals surface area contributed by atoms with E-state index in [0.29, 0.717) is 28.1 Å². The largest absolute Gasteiger partial charge is 0.493 e. The molecule has 0 radical (unpaired) electrons. The lowest BCUT2D eigenvalue weighted by Crippen LogP contribution is -2.27. The van der Waals surface area contributed by atoms with Gasteiger partial charge in [-0.15, -0.1) is 0 Å². The van der Waals surface area contributed by atoms with E-state index in [1.807, 2.05) is 25.1 Å². The standard InChI is InChI=1S/C25H27BrFN5O4/c1-32(2)8-9-36-22-7-5-17(11-23(22)35-3)14-29-25(34)21-12-20(30-15-31-21)24(33)28-13-16-4-6-19(27)18(26)10-16/h4-7,10-12,15H,8-9,13-14H2,1-3H3,(H,28,33)(H,29,34). The van der Waals surface area contributed by atoms with Crippen LogP contribution in [0, 0.1) is 5.82 Å². The molecule has 9 nitrogen and oxygen atoms in total. The number of benzene rings is 2. The number of hydrogen-bond acceptors (Lipinski definition) is 7. The first-order valence-electron chi connectivity index (χ1n) is 11.0. The maximum atomic E-state index is 13.4. The van der Waals surface area contributed by atoms with E-state index in [1.54, 1.807) is 31.4 Å². The van der Waals surface area contributed by atoms with Gasteiger partial charge in [0.2, 0.25) is 0 Å². The third-order valence-corrected chi connectivity index (χ3v) is 5.65. The van der Waals surface area contributed by atoms with Crippen LogP contribution in [-0.2, 0) is 13.1 Å². The van der Waals surface area contributed by atoms with Gasteiger partial charge in [-0.3, -0.25) is 9.59 Å². The van der Waals surface area contributed by atoms with Crippen molar-refractivity contribution < 1.29 is 23.5 Å². The van der Waals surface area contributed by atoms with E-state index in [0.717, 1.165) is 18.4 Å². The topological polar surface area (TPSA) is 106 Å². The molecule has 0 spiro atoms. The minimum absolute atomic E-state index is 0.0391. The summed E-state index contributed by atoms with van der Waals surface area (Å²) < 4.78 is 24.8. The molecule has 0 saturated heterocycles. The van der Waals surface area contributed by atoms with E-state index in [4.69, 9.17) is 9.47 Å². The Bertz CT molecular complexity index is 1220. The zero-order chi connectivity index (χ0) is 26.1. The summed E-state index contributed by atoms with van der Waals surface area (Å²) in [6.07, 6.45) is 1.15. The molecular weight excluding hydrogens is 533 g/mol. The van der Waals surface area contributed by atoms with Crippen LogP contribution in [0.3, 0.4) is 0 Å². The number of amides is 2. The molecule has 3 rings (SSSR count). The number of hydrogen-bond donors (Lipinski definition) is 2. The molecule has 0 fully saturated rings. The Morgan fingerprint density at radius 3 is 2.14 bits per heavy atom. The van der Waals surface area contributed by atoms with Gasteiger partial charge in [0.05, 0.1) is 11.6 Å². The van der Waals surface area contributed by atoms with Gasteiger partial charge in [-0.05, 0) is 65.4 Å². The summed E-state index contributed by atoms with van der Waals surface area (Å²) in [5, 5.41) is 5.47. The first-order valence-corrected chi connectivity index (χ1v) is 11.8. The van der Waals surface area contributed by atoms with Gasteiger partial charge >= 0.3 is 0 Å². The van der Waals surface area contributed by atoms with E-state index in [-0.39, 0.29) is 30.3 Å². The SMILES string of the molecule is COc1cc(CNC(=O)c2cc(C(=O)NCc3ccc(F)c(Br)c3)ncn2)ccc1OCCN(C)C. The Balaban J connectivity index is 1.57. The van der Waals surface area contributed by atoms with Crippen LogP contribution in [0.2, 0.25) is 0 Å². The lowest BCUT2D eigenvalue weighted by molar-refractivity contribution is 0.0944. The third kappa shape index (κ3) is 7.72. The van der Waals surface area contributed by atoms with Crippen LogP contribution in [0.4, 0.5) is 4.39 Å². The van der Waals surface area contributed by atoms with Crippen LogP contribution in [0.25, 0.3) is 0 Å². The zero-order valence-corrected chi connectivity index (χ0v) is 21.8. The highest BCUT2D eigenvalue weighted by atomic mass is 79.9. The Morgan fingerprint density at radius 2 is 1.56 bits per heavy atom. The highest BCUT2D eigenvalue weighted by Crippen LogP contribution is 2.28. The molecule has 0 bridgehead atoms. The Hall–Kier alpha value is -3.57. The average molecular weight is 560 g/mol. The van der Waals surface area contributed by atoms with Crippen LogP contribution in [0.1, 0.15) is 32.1 Å². The molecule has 0 atom stereocenters. The van der Waals surface area contributed by atoms with E-state index in [1.165, 1.54) is 12.1 Å². The van der Waals surface area contributed by atoms with Crippen molar-refractivity contribution in [3.05, 3.63) is 81.6 Å². The van der Waals surface area contributed by atoms with E-state index >= 15 is 0 Å². The average Bonchev–Trinajstić information content (AvgIpc) is 2.88. The molecule has 1 aromatic heterocycles. The van der Waals surface area contributed by atoms with Gasteiger partial charge < -0.3 is 25.0 Å². The van der Waals surface area contributed by atoms with Crippen LogP contribution < -0.4 is 20.1 Å². The smallest absolute Gasteiger partial charge is 0.270 e. The molecule has 36 heavy (non-hydrogen) atoms. The molecule has 0 unspecified atom stereocenters. The molecule has 0 aliphatic heterocycles. The molecule has 1 heterocycles. The normalized spacial score (nSPS) is 10.7. The van der Waals surface area contributed by atoms with Crippen LogP contribution >= 0.6 is 15.9 Å². The maximum Gasteiger partial charge on any atom is 0.270 e. The molecular formula is C25H27BrFN5O4. The predicted octanol–water partition coefficient (Wildman–Crippen LogP) is 3.19. The lowest BCUT2D eigenvalue weighted by Gasteiger charge is -2.14. The van der Waals surface area contributed by atoms with Crippen molar-refractivity contribution in [2.75, 3.05) is 34.4 Å². The van der Waals surface area contributed by atoms with Crippen molar-refractivity contribution in [1.29, 1.82) is 0 Å². The van der Waals surface area contributed by atoms with Gasteiger partial charge in [-0.1, -0.05) is 12.1 Å². The molecule has 2 amide bonds. The van der Waals surface area contributed by atoms with Gasteiger partial charge in [0.15, 0.2) is 11.5 Å². The predicted molar refractivity (Wildman–Crippen MR) is 136 cm³/mol. The fourth-order valence-corrected chi connectivity index (χ4v) is 3.51. The highest BCUT2D eigenvalue weighted by Gasteiger charge is 2.14. The van der Waals surface area contributed by atoms with Crippen molar-refractivity contribution in [1.82, 2.24) is 25.5 Å². The summed E-state index contributed by atoms with van der Waals surface area (Å²) in [4.78, 5) is 35.1. The molecule has 3 aromatic rings. The van der Waals surface area contributed by atoms with Crippen molar-refractivity contribution in [2.24, 2.45) is 0 Å². The van der Waals surface area contributed by atoms with Crippen molar-refractivity contribution in [3.63, 3.8) is 0 Å². The quantitative estimate of drug-likeness (QED) is 0.371. The summed E-state index contributed by atoms with van der Waals surface area (Å²) in [6, 6.07) is 11.2. The number of nitrogens with one attached hydrogen (secondary N) is 2. The van der Waals surface area contributed by atoms with Crippen molar-refractivity contribution >= 4 is 27.7 Å². The van der Waals surface area contributed by atoms with E-state index in [2.05, 4.69) is 36.5 Å². The number of halogens is 2. The van der Waals surface area contributed by atoms with Crippen LogP contribution in [0.15, 0.2) is 53.3 Å². The van der Waals surface area contributed by atoms with Crippen LogP contribution in [-0.4, -0.2) is 61.0 Å². The number of likely N-dealkylation sites (N-methyl/N-ethyl adjacent to an activating group) is 1. The number of ether oxygens (including phenoxy) is 2. The molecule has 190 valence electrons. The second kappa shape index (κ2) is 12.9. The fraction of sp³-hybridized carbons (Fsp3) is 0.280. The molecule has 0 saturated carbocycles. The minimum Gasteiger partial charge on any atom is -0.493 e. The Labute approximate surface area is 217 Å². The number of carbonyl (C=O) groups is 2. The van der Waals surface area contributed by atoms with Crippen molar-refractivity contribution in [2.45, 2.75) is 13.1 Å². The summed E-state index contributed by atoms with van der Waals surface area (Å²) in [5.74, 6) is -0.150. The van der Waals surface area contributed by atoms with Gasteiger partial charge in [0.25, 0.3) is 11.8 Å². The summed E-state index contributed by atoms with van der Waals surface area (Å²) in [5.41, 5.74) is 1.60. The number of aromatic nitrogens is 2. The van der Waals surface area contributed by atoms with E-state index in [9.17, 15) is 14.0 Å². The monoisotopic (exact) mass is 559 g/mol. The summed E-state index contributed by atoms with van der Waals surface area (Å²) in [7, 11) is 5.48. The number of carbonyl (C=O) groups excluding carboxylic acids is 2. The Kier molecular flexibility index (Phi) is 9.71. The minimum atomic E-state index is -0.485. The third-order valence-electron chi connectivity index (χ3n) is 5.05. The lowest BCUT2D eigenvalue weighted by atomic mass is 10.2. The van der Waals surface area contributed by atoms with Gasteiger partial charge in [0, 0.05) is 25.7 Å². The van der Waals surface area contributed by atoms with E-state index < -0.39 is 11.8 Å². The molecule has 0 aliphatic carbocycles. The number of nitrogens with zero attached hydrogens (tertiary/aromatic N) is 3. The second-order valence-electron chi connectivity index (χ2n) is 8.04. The number of rotatable bonds is 11. The first-order chi connectivity index (χ1) is 17.3. The zero-order valence-electron chi connectivity index (χ0n) is 20.2. The molecule has 2 N–H and O–H groups in total. The fourth-order valence-electron chi connectivity index (χ4n) is 3.08. The van der Waals surface area contributed by atoms with Gasteiger partial charge in [-0.25, -0.2) is 14.4 Å². The highest BCUT2D eigenvalue weighted by molar-refractivity contribution is 9.10. The first kappa shape index (κ1) is 27.0. The summed E-state index contributed by atoms with van der Waals surface area (Å²) in [6.45, 7) is 1.67. The summed E-state index contributed by atoms with van der Waals surface area (Å²) >= 11 is 3.11. The second-order valence-corrected chi connectivity index (χ2v) is 8.89. The van der Waals surface area contributed by atoms with Crippen molar-refractivity contribution in [3.8, 4) is 11.5 Å². The Morgan fingerprint density at radius 1 is 0.944 bits per heavy atom. The van der Waals surface area contributed by atoms with Crippen LogP contribution in [0.5, 0.6) is 11.5 Å². The number of methoxy groups -OCH3 is 1.